The minimum Gasteiger partial charge on any atom is -0.166 e. The van der Waals surface area contributed by atoms with E-state index in [-0.39, 0.29) is 0 Å². The van der Waals surface area contributed by atoms with Gasteiger partial charge in [0.15, 0.2) is 0 Å². The lowest BCUT2D eigenvalue weighted by Crippen LogP contribution is -1.42. The first-order valence-corrected chi connectivity index (χ1v) is 1.43. The van der Waals surface area contributed by atoms with Crippen molar-refractivity contribution in [1.82, 2.24) is 0 Å². The Balaban J connectivity index is 2.92. The van der Waals surface area contributed by atoms with Gasteiger partial charge in [0.05, 0.1) is 0 Å². The molecule has 0 amide bonds. The van der Waals surface area contributed by atoms with Crippen LogP contribution in [0, 0.1) is 0 Å². The fraction of sp³-hybridized carbons (Fsp3) is 0. The van der Waals surface area contributed by atoms with Crippen LogP contribution in [-0.2, 0) is 0 Å². The van der Waals surface area contributed by atoms with E-state index in [4.69, 9.17) is 11.6 Å². The van der Waals surface area contributed by atoms with Crippen LogP contribution in [0.1, 0.15) is 0 Å². The van der Waals surface area contributed by atoms with E-state index >= 15 is 0 Å². The zero-order chi connectivity index (χ0) is 4.12. The van der Waals surface area contributed by atoms with Crippen LogP contribution < -0.4 is 0 Å². The second-order valence-corrected chi connectivity index (χ2v) is 0.550. The fourth-order valence-electron chi connectivity index (χ4n) is 0.0309. The number of hydrogen-bond acceptors (Lipinski definition) is 2. The van der Waals surface area contributed by atoms with Gasteiger partial charge in [-0.2, -0.15) is 5.10 Å². The predicted octanol–water partition coefficient (Wildman–Crippen LogP) is 0.869. The first kappa shape index (κ1) is 4.63. The van der Waals surface area contributed by atoms with Crippen LogP contribution in [-0.4, -0.2) is 12.4 Å². The van der Waals surface area contributed by atoms with Crippen molar-refractivity contribution in [3.05, 3.63) is 0 Å². The van der Waals surface area contributed by atoms with E-state index in [9.17, 15) is 0 Å². The third-order valence-electron chi connectivity index (χ3n) is 0.125. The van der Waals surface area contributed by atoms with Crippen LogP contribution in [0.5, 0.6) is 0 Å². The molecule has 0 bridgehead atoms. The maximum absolute atomic E-state index is 4.88. The second-order valence-electron chi connectivity index (χ2n) is 0.354. The van der Waals surface area contributed by atoms with Gasteiger partial charge >= 0.3 is 0 Å². The number of halogens is 1. The maximum Gasteiger partial charge on any atom is 0.115 e. The normalized spacial score (nSPS) is 9.00. The predicted molar refractivity (Wildman–Crippen MR) is 23.9 cm³/mol. The summed E-state index contributed by atoms with van der Waals surface area (Å²) in [7, 11) is 0. The van der Waals surface area contributed by atoms with Crippen molar-refractivity contribution in [3.63, 3.8) is 0 Å². The molecule has 0 spiro atoms. The van der Waals surface area contributed by atoms with E-state index in [0.717, 1.165) is 5.67 Å². The van der Waals surface area contributed by atoms with Gasteiger partial charge in [-0.1, -0.05) is 11.6 Å². The van der Waals surface area contributed by atoms with Gasteiger partial charge in [-0.25, -0.2) is 0 Å². The van der Waals surface area contributed by atoms with Crippen LogP contribution in [0.3, 0.4) is 0 Å². The van der Waals surface area contributed by atoms with Crippen molar-refractivity contribution in [3.8, 4) is 0 Å². The standard InChI is InChI=1S/C2H3ClN2/c1-4-5-2-3/h2H,1H2. The monoisotopic (exact) mass is 90.0 g/mol. The molecule has 0 aliphatic carbocycles. The molecule has 0 aliphatic heterocycles. The van der Waals surface area contributed by atoms with E-state index < -0.39 is 0 Å². The summed E-state index contributed by atoms with van der Waals surface area (Å²) < 4.78 is 0. The van der Waals surface area contributed by atoms with Crippen molar-refractivity contribution in [2.75, 3.05) is 0 Å². The molecule has 5 heavy (non-hydrogen) atoms. The Morgan fingerprint density at radius 2 is 2.40 bits per heavy atom. The Labute approximate surface area is 35.2 Å². The molecule has 0 saturated heterocycles. The van der Waals surface area contributed by atoms with Crippen LogP contribution in [0.15, 0.2) is 10.2 Å². The largest absolute Gasteiger partial charge is 0.166 e. The van der Waals surface area contributed by atoms with E-state index in [0.29, 0.717) is 0 Å². The Morgan fingerprint density at radius 1 is 1.80 bits per heavy atom. The summed E-state index contributed by atoms with van der Waals surface area (Å²) in [5.41, 5.74) is 1.05. The Morgan fingerprint density at radius 3 is 2.40 bits per heavy atom. The van der Waals surface area contributed by atoms with Gasteiger partial charge in [-0.3, -0.25) is 0 Å². The van der Waals surface area contributed by atoms with E-state index in [2.05, 4.69) is 16.9 Å². The van der Waals surface area contributed by atoms with E-state index in [1.54, 1.807) is 0 Å². The van der Waals surface area contributed by atoms with Gasteiger partial charge in [0.1, 0.15) is 5.67 Å². The van der Waals surface area contributed by atoms with Gasteiger partial charge in [0.2, 0.25) is 0 Å². The zero-order valence-corrected chi connectivity index (χ0v) is 3.31. The minimum atomic E-state index is 1.05. The van der Waals surface area contributed by atoms with Gasteiger partial charge in [-0.15, -0.1) is 5.10 Å². The molecule has 0 unspecified atom stereocenters. The molecule has 0 rings (SSSR count). The molecule has 0 aliphatic rings. The number of rotatable bonds is 1. The lowest BCUT2D eigenvalue weighted by atomic mass is 11.6. The quantitative estimate of drug-likeness (QED) is 0.337. The summed E-state index contributed by atoms with van der Waals surface area (Å²) in [5, 5.41) is 6.17. The average Bonchev–Trinajstić information content (AvgIpc) is 1.41. The first-order chi connectivity index (χ1) is 2.41. The molecule has 0 aromatic carbocycles. The van der Waals surface area contributed by atoms with Crippen LogP contribution in [0.25, 0.3) is 0 Å². The molecule has 0 aromatic rings. The first-order valence-electron chi connectivity index (χ1n) is 0.993. The zero-order valence-electron chi connectivity index (χ0n) is 2.56. The molecule has 3 heteroatoms. The van der Waals surface area contributed by atoms with Gasteiger partial charge < -0.3 is 0 Å². The van der Waals surface area contributed by atoms with Crippen LogP contribution in [0.2, 0.25) is 0 Å². The third kappa shape index (κ3) is 3.63. The van der Waals surface area contributed by atoms with Crippen molar-refractivity contribution >= 4 is 24.0 Å². The fourth-order valence-corrected chi connectivity index (χ4v) is 0.0926. The molecule has 0 heterocycles. The van der Waals surface area contributed by atoms with Crippen molar-refractivity contribution in [1.29, 1.82) is 0 Å². The summed E-state index contributed by atoms with van der Waals surface area (Å²) in [4.78, 5) is 0. The van der Waals surface area contributed by atoms with Gasteiger partial charge in [0, 0.05) is 6.72 Å². The van der Waals surface area contributed by atoms with E-state index in [1.807, 2.05) is 0 Å². The lowest BCUT2D eigenvalue weighted by molar-refractivity contribution is 1.29. The molecule has 0 atom stereocenters. The topological polar surface area (TPSA) is 24.7 Å². The summed E-state index contributed by atoms with van der Waals surface area (Å²) in [6.07, 6.45) is 0. The molecule has 0 saturated carbocycles. The summed E-state index contributed by atoms with van der Waals surface area (Å²) in [6.45, 7) is 3.02. The highest BCUT2D eigenvalue weighted by atomic mass is 35.5. The molecule has 0 aromatic heterocycles. The van der Waals surface area contributed by atoms with E-state index in [1.165, 1.54) is 0 Å². The lowest BCUT2D eigenvalue weighted by Gasteiger charge is -1.56. The highest BCUT2D eigenvalue weighted by Crippen LogP contribution is 1.63. The van der Waals surface area contributed by atoms with Crippen molar-refractivity contribution in [2.45, 2.75) is 0 Å². The summed E-state index contributed by atoms with van der Waals surface area (Å²) in [6, 6.07) is 0. The number of hydrogen-bond donors (Lipinski definition) is 0. The molecular weight excluding hydrogens is 87.5 g/mol. The highest BCUT2D eigenvalue weighted by molar-refractivity contribution is 6.56. The van der Waals surface area contributed by atoms with Gasteiger partial charge in [0.25, 0.3) is 0 Å². The number of nitrogens with zero attached hydrogens (tertiary/aromatic N) is 2. The summed E-state index contributed by atoms with van der Waals surface area (Å²) in [5.74, 6) is 0. The Kier molecular flexibility index (Phi) is 3.36. The minimum absolute atomic E-state index is 1.05. The van der Waals surface area contributed by atoms with Crippen LogP contribution in [0.4, 0.5) is 0 Å². The SMILES string of the molecule is C=NN=CCl. The van der Waals surface area contributed by atoms with Gasteiger partial charge in [-0.05, 0) is 0 Å². The summed E-state index contributed by atoms with van der Waals surface area (Å²) >= 11 is 4.88. The molecule has 2 nitrogen and oxygen atoms in total. The average molecular weight is 90.5 g/mol. The van der Waals surface area contributed by atoms with Crippen molar-refractivity contribution < 1.29 is 0 Å². The smallest absolute Gasteiger partial charge is 0.115 e. The van der Waals surface area contributed by atoms with Crippen molar-refractivity contribution in [2.24, 2.45) is 10.2 Å². The third-order valence-corrected chi connectivity index (χ3v) is 0.213. The molecule has 0 radical (unpaired) electrons. The van der Waals surface area contributed by atoms with Crippen LogP contribution >= 0.6 is 11.6 Å². The molecule has 28 valence electrons. The second kappa shape index (κ2) is 3.63. The maximum atomic E-state index is 4.88. The Bertz CT molecular complexity index is 49.6. The highest BCUT2D eigenvalue weighted by Gasteiger charge is 1.43. The molecule has 0 fully saturated rings. The Hall–Kier alpha value is -0.370. The molecule has 0 N–H and O–H groups in total. The molecular formula is C2H3ClN2.